The molecule has 2 aliphatic heterocycles. The highest BCUT2D eigenvalue weighted by molar-refractivity contribution is 6.10. The van der Waals surface area contributed by atoms with Gasteiger partial charge in [0, 0.05) is 36.3 Å². The number of ether oxygens (including phenoxy) is 2. The van der Waals surface area contributed by atoms with Crippen LogP contribution in [0.25, 0.3) is 21.7 Å². The minimum Gasteiger partial charge on any atom is -0.478 e. The number of nitrogens with zero attached hydrogens (tertiary/aromatic N) is 2. The summed E-state index contributed by atoms with van der Waals surface area (Å²) >= 11 is 0. The summed E-state index contributed by atoms with van der Waals surface area (Å²) in [6.07, 6.45) is -0.590. The second-order valence-electron chi connectivity index (χ2n) is 8.76. The van der Waals surface area contributed by atoms with Gasteiger partial charge in [0.1, 0.15) is 5.75 Å². The van der Waals surface area contributed by atoms with Crippen molar-refractivity contribution >= 4 is 27.5 Å². The van der Waals surface area contributed by atoms with Gasteiger partial charge in [0.15, 0.2) is 6.10 Å². The maximum Gasteiger partial charge on any atom is 0.206 e. The Kier molecular flexibility index (Phi) is 4.74. The Balaban J connectivity index is 1.47. The summed E-state index contributed by atoms with van der Waals surface area (Å²) in [6.45, 7) is 6.08. The molecule has 0 amide bonds. The molecule has 2 aliphatic rings. The monoisotopic (exact) mass is 426 g/mol. The number of hydrogen-bond acceptors (Lipinski definition) is 4. The highest BCUT2D eigenvalue weighted by Gasteiger charge is 2.39. The molecular weight excluding hydrogens is 400 g/mol. The fourth-order valence-electron chi connectivity index (χ4n) is 5.31. The van der Waals surface area contributed by atoms with Crippen LogP contribution in [0.5, 0.6) is 5.75 Å². The first-order chi connectivity index (χ1) is 15.7. The largest absolute Gasteiger partial charge is 0.478 e. The molecule has 3 aromatic carbocycles. The molecule has 5 nitrogen and oxygen atoms in total. The van der Waals surface area contributed by atoms with Gasteiger partial charge >= 0.3 is 0 Å². The van der Waals surface area contributed by atoms with Crippen LogP contribution in [-0.4, -0.2) is 54.2 Å². The van der Waals surface area contributed by atoms with Crippen molar-refractivity contribution in [2.45, 2.75) is 19.1 Å². The molecule has 162 valence electrons. The lowest BCUT2D eigenvalue weighted by molar-refractivity contribution is 0.0175. The van der Waals surface area contributed by atoms with Gasteiger partial charge in [-0.15, -0.1) is 0 Å². The van der Waals surface area contributed by atoms with Crippen molar-refractivity contribution in [3.8, 4) is 5.75 Å². The van der Waals surface area contributed by atoms with Crippen molar-refractivity contribution in [1.82, 2.24) is 9.47 Å². The minimum atomic E-state index is -0.590. The standard InChI is InChI=1S/C27H26N2O3/c1-18-16-20-8-5-11-24-25(20)29(18)23(17-28-12-14-31-15-13-28)27(32-24)26(30)22-10-4-7-19-6-2-3-9-21(19)22/h2-11,16,23,27H,12-15,17H2,1H3/t23?,27-/m0/s1. The van der Waals surface area contributed by atoms with Gasteiger partial charge in [0.05, 0.1) is 24.8 Å². The first-order valence-corrected chi connectivity index (χ1v) is 11.3. The van der Waals surface area contributed by atoms with Crippen LogP contribution in [0.3, 0.4) is 0 Å². The Morgan fingerprint density at radius 3 is 2.59 bits per heavy atom. The first kappa shape index (κ1) is 19.5. The summed E-state index contributed by atoms with van der Waals surface area (Å²) in [6, 6.07) is 22.2. The normalized spacial score (nSPS) is 21.0. The second-order valence-corrected chi connectivity index (χ2v) is 8.76. The average Bonchev–Trinajstić information content (AvgIpc) is 3.18. The van der Waals surface area contributed by atoms with Crippen molar-refractivity contribution in [2.75, 3.05) is 32.8 Å². The van der Waals surface area contributed by atoms with Gasteiger partial charge in [-0.3, -0.25) is 9.69 Å². The van der Waals surface area contributed by atoms with Gasteiger partial charge in [-0.05, 0) is 29.8 Å². The molecule has 0 bridgehead atoms. The Bertz CT molecular complexity index is 1310. The first-order valence-electron chi connectivity index (χ1n) is 11.3. The molecule has 5 heteroatoms. The van der Waals surface area contributed by atoms with E-state index < -0.39 is 6.10 Å². The maximum absolute atomic E-state index is 14.0. The molecule has 0 aliphatic carbocycles. The molecule has 4 aromatic rings. The molecule has 3 heterocycles. The zero-order chi connectivity index (χ0) is 21.7. The number of ketones is 1. The van der Waals surface area contributed by atoms with Crippen molar-refractivity contribution < 1.29 is 14.3 Å². The van der Waals surface area contributed by atoms with E-state index in [-0.39, 0.29) is 11.8 Å². The van der Waals surface area contributed by atoms with E-state index in [0.29, 0.717) is 0 Å². The highest BCUT2D eigenvalue weighted by atomic mass is 16.5. The number of morpholine rings is 1. The third-order valence-electron chi connectivity index (χ3n) is 6.81. The molecule has 0 N–H and O–H groups in total. The summed E-state index contributed by atoms with van der Waals surface area (Å²) in [5.41, 5.74) is 2.97. The van der Waals surface area contributed by atoms with Crippen molar-refractivity contribution in [2.24, 2.45) is 0 Å². The van der Waals surface area contributed by atoms with Gasteiger partial charge in [-0.25, -0.2) is 0 Å². The molecule has 0 spiro atoms. The van der Waals surface area contributed by atoms with E-state index in [0.717, 1.165) is 71.5 Å². The van der Waals surface area contributed by atoms with Crippen molar-refractivity contribution in [3.63, 3.8) is 0 Å². The Labute approximate surface area is 187 Å². The number of Topliss-reactive ketones (excluding diaryl/α,β-unsaturated/α-hetero) is 1. The third kappa shape index (κ3) is 3.12. The van der Waals surface area contributed by atoms with Crippen LogP contribution >= 0.6 is 0 Å². The summed E-state index contributed by atoms with van der Waals surface area (Å²) in [4.78, 5) is 16.4. The van der Waals surface area contributed by atoms with E-state index in [9.17, 15) is 4.79 Å². The zero-order valence-electron chi connectivity index (χ0n) is 18.2. The number of carbonyl (C=O) groups is 1. The smallest absolute Gasteiger partial charge is 0.206 e. The van der Waals surface area contributed by atoms with Gasteiger partial charge in [-0.2, -0.15) is 0 Å². The van der Waals surface area contributed by atoms with Crippen molar-refractivity contribution in [3.05, 3.63) is 78.0 Å². The van der Waals surface area contributed by atoms with Gasteiger partial charge < -0.3 is 14.0 Å². The topological polar surface area (TPSA) is 43.7 Å². The molecule has 6 rings (SSSR count). The SMILES string of the molecule is Cc1cc2cccc3c2n1C(CN1CCOCC1)[C@@H](C(=O)c1cccc2ccccc12)O3. The van der Waals surface area contributed by atoms with Crippen LogP contribution in [0, 0.1) is 6.92 Å². The summed E-state index contributed by atoms with van der Waals surface area (Å²) in [5.74, 6) is 0.822. The molecule has 1 fully saturated rings. The average molecular weight is 427 g/mol. The molecule has 1 aromatic heterocycles. The number of para-hydroxylation sites is 1. The predicted molar refractivity (Wildman–Crippen MR) is 126 cm³/mol. The fourth-order valence-corrected chi connectivity index (χ4v) is 5.31. The summed E-state index contributed by atoms with van der Waals surface area (Å²) in [7, 11) is 0. The maximum atomic E-state index is 14.0. The number of fused-ring (bicyclic) bond motifs is 1. The lowest BCUT2D eigenvalue weighted by atomic mass is 9.94. The Hall–Kier alpha value is -3.15. The number of carbonyl (C=O) groups excluding carboxylic acids is 1. The van der Waals surface area contributed by atoms with Gasteiger partial charge in [0.2, 0.25) is 5.78 Å². The van der Waals surface area contributed by atoms with E-state index >= 15 is 0 Å². The van der Waals surface area contributed by atoms with Crippen LogP contribution in [0.2, 0.25) is 0 Å². The Morgan fingerprint density at radius 1 is 0.969 bits per heavy atom. The second kappa shape index (κ2) is 7.76. The number of aromatic nitrogens is 1. The lowest BCUT2D eigenvalue weighted by Gasteiger charge is -2.38. The zero-order valence-corrected chi connectivity index (χ0v) is 18.2. The van der Waals surface area contributed by atoms with Crippen LogP contribution in [-0.2, 0) is 4.74 Å². The van der Waals surface area contributed by atoms with Crippen molar-refractivity contribution in [1.29, 1.82) is 0 Å². The summed E-state index contributed by atoms with van der Waals surface area (Å²) < 4.78 is 14.4. The number of benzene rings is 3. The molecule has 2 atom stereocenters. The van der Waals surface area contributed by atoms with Gasteiger partial charge in [0.25, 0.3) is 0 Å². The third-order valence-corrected chi connectivity index (χ3v) is 6.81. The minimum absolute atomic E-state index is 0.0378. The fraction of sp³-hybridized carbons (Fsp3) is 0.296. The number of hydrogen-bond donors (Lipinski definition) is 0. The molecule has 1 unspecified atom stereocenters. The molecule has 0 saturated carbocycles. The van der Waals surface area contributed by atoms with Crippen LogP contribution in [0.4, 0.5) is 0 Å². The molecule has 32 heavy (non-hydrogen) atoms. The van der Waals surface area contributed by atoms with Crippen LogP contribution in [0.15, 0.2) is 66.7 Å². The number of rotatable bonds is 4. The van der Waals surface area contributed by atoms with Gasteiger partial charge in [-0.1, -0.05) is 54.6 Å². The quantitative estimate of drug-likeness (QED) is 0.447. The van der Waals surface area contributed by atoms with E-state index in [1.165, 1.54) is 0 Å². The number of aryl methyl sites for hydroxylation is 1. The Morgan fingerprint density at radius 2 is 1.72 bits per heavy atom. The molecule has 1 saturated heterocycles. The van der Waals surface area contributed by atoms with Crippen LogP contribution in [0.1, 0.15) is 22.1 Å². The van der Waals surface area contributed by atoms with E-state index in [1.807, 2.05) is 54.6 Å². The predicted octanol–water partition coefficient (Wildman–Crippen LogP) is 4.62. The molecule has 0 radical (unpaired) electrons. The highest BCUT2D eigenvalue weighted by Crippen LogP contribution is 2.40. The van der Waals surface area contributed by atoms with Crippen LogP contribution < -0.4 is 4.74 Å². The lowest BCUT2D eigenvalue weighted by Crippen LogP contribution is -2.48. The molecular formula is C27H26N2O3. The van der Waals surface area contributed by atoms with E-state index in [2.05, 4.69) is 28.5 Å². The summed E-state index contributed by atoms with van der Waals surface area (Å²) in [5, 5.41) is 3.20. The van der Waals surface area contributed by atoms with E-state index in [1.54, 1.807) is 0 Å². The van der Waals surface area contributed by atoms with E-state index in [4.69, 9.17) is 9.47 Å².